The Hall–Kier alpha value is -6.25. The lowest BCUT2D eigenvalue weighted by Crippen LogP contribution is -2.46. The second kappa shape index (κ2) is 16.2. The van der Waals surface area contributed by atoms with Gasteiger partial charge >= 0.3 is 0 Å². The highest BCUT2D eigenvalue weighted by molar-refractivity contribution is 7.90. The van der Waals surface area contributed by atoms with Crippen molar-refractivity contribution in [1.82, 2.24) is 29.6 Å². The lowest BCUT2D eigenvalue weighted by molar-refractivity contribution is 0.207. The number of fused-ring (bicyclic) bond motifs is 2. The third-order valence-corrected chi connectivity index (χ3v) is 15.4. The quantitative estimate of drug-likeness (QED) is 0.0969. The normalized spacial score (nSPS) is 21.9. The van der Waals surface area contributed by atoms with E-state index in [1.165, 1.54) is 5.56 Å². The van der Waals surface area contributed by atoms with Crippen molar-refractivity contribution in [2.75, 3.05) is 43.4 Å². The number of aromatic nitrogens is 4. The third-order valence-electron chi connectivity index (χ3n) is 13.1. The molecule has 10 rings (SSSR count). The van der Waals surface area contributed by atoms with Gasteiger partial charge in [0.15, 0.2) is 11.6 Å². The fourth-order valence-corrected chi connectivity index (χ4v) is 11.5. The van der Waals surface area contributed by atoms with E-state index in [2.05, 4.69) is 60.9 Å². The monoisotopic (exact) mass is 844 g/mol. The van der Waals surface area contributed by atoms with Crippen LogP contribution in [0.5, 0.6) is 11.5 Å². The zero-order valence-electron chi connectivity index (χ0n) is 34.3. The van der Waals surface area contributed by atoms with Crippen LogP contribution < -0.4 is 10.6 Å². The smallest absolute Gasteiger partial charge is 0.217 e. The Morgan fingerprint density at radius 3 is 1.90 bits per heavy atom. The second-order valence-electron chi connectivity index (χ2n) is 17.3. The predicted molar refractivity (Wildman–Crippen MR) is 243 cm³/mol. The van der Waals surface area contributed by atoms with Crippen LogP contribution in [0.4, 0.5) is 11.6 Å². The van der Waals surface area contributed by atoms with E-state index < -0.39 is 10.0 Å². The molecule has 6 aromatic rings. The fraction of sp³-hybridized carbons (Fsp3) is 0.347. The molecule has 2 aliphatic carbocycles. The number of phenolic OH excluding ortho intramolecular Hbond substituents is 2. The molecule has 12 nitrogen and oxygen atoms in total. The Kier molecular flexibility index (Phi) is 10.4. The standard InChI is InChI=1S/C49H48N8O4S/c1-3-30-13-18-40(44(58)23-30)46-37-11-5-6-12-39(37)48(54-52-46)50-34-9-7-21-56(28-34)27-33-26-42(33)32-15-20-38-43(25-32)49(55-53-47(38)41-19-14-31(4-2)24-45(41)59)51-35-10-8-22-57(29-35)62(60,61)36-16-17-36/h1-2,5-6,11-15,18-20,23-25,33-36,42,58-59H,7-10,16-17,21-22,26-29H2,(H,50,54)(H,51,55)/t33?,34-,35-,42?/m1/s1. The Labute approximate surface area is 361 Å². The second-order valence-corrected chi connectivity index (χ2v) is 19.5. The molecule has 2 saturated carbocycles. The summed E-state index contributed by atoms with van der Waals surface area (Å²) in [5.74, 6) is 7.47. The third kappa shape index (κ3) is 7.77. The van der Waals surface area contributed by atoms with Crippen LogP contribution in [-0.4, -0.2) is 98.3 Å². The molecular formula is C49H48N8O4S. The van der Waals surface area contributed by atoms with Crippen molar-refractivity contribution in [2.24, 2.45) is 5.92 Å². The number of likely N-dealkylation sites (tertiary alicyclic amines) is 1. The summed E-state index contributed by atoms with van der Waals surface area (Å²) >= 11 is 0. The number of rotatable bonds is 11. The van der Waals surface area contributed by atoms with E-state index in [1.54, 1.807) is 40.7 Å². The highest BCUT2D eigenvalue weighted by Gasteiger charge is 2.42. The van der Waals surface area contributed by atoms with Gasteiger partial charge in [0.1, 0.15) is 22.9 Å². The average molecular weight is 845 g/mol. The first-order chi connectivity index (χ1) is 30.2. The lowest BCUT2D eigenvalue weighted by atomic mass is 9.98. The Morgan fingerprint density at radius 1 is 0.677 bits per heavy atom. The molecule has 62 heavy (non-hydrogen) atoms. The van der Waals surface area contributed by atoms with Gasteiger partial charge in [0.25, 0.3) is 0 Å². The minimum atomic E-state index is -3.29. The molecule has 2 aliphatic heterocycles. The lowest BCUT2D eigenvalue weighted by Gasteiger charge is -2.33. The van der Waals surface area contributed by atoms with E-state index in [0.717, 1.165) is 91.9 Å². The molecule has 0 spiro atoms. The molecule has 13 heteroatoms. The minimum Gasteiger partial charge on any atom is -0.507 e. The van der Waals surface area contributed by atoms with E-state index in [9.17, 15) is 18.6 Å². The van der Waals surface area contributed by atoms with E-state index in [4.69, 9.17) is 17.9 Å². The predicted octanol–water partition coefficient (Wildman–Crippen LogP) is 7.33. The summed E-state index contributed by atoms with van der Waals surface area (Å²) in [6.07, 6.45) is 17.4. The molecule has 2 aromatic heterocycles. The first kappa shape index (κ1) is 39.9. The maximum atomic E-state index is 13.2. The summed E-state index contributed by atoms with van der Waals surface area (Å²) < 4.78 is 28.0. The molecule has 0 amide bonds. The number of piperidine rings is 2. The molecule has 4 heterocycles. The molecule has 4 aliphatic rings. The van der Waals surface area contributed by atoms with Gasteiger partial charge in [-0.25, -0.2) is 8.42 Å². The largest absolute Gasteiger partial charge is 0.507 e. The maximum absolute atomic E-state index is 13.2. The average Bonchev–Trinajstić information content (AvgIpc) is 4.24. The molecule has 2 saturated heterocycles. The fourth-order valence-electron chi connectivity index (χ4n) is 9.54. The van der Waals surface area contributed by atoms with Crippen molar-refractivity contribution in [3.05, 3.63) is 95.6 Å². The molecule has 4 aromatic carbocycles. The van der Waals surface area contributed by atoms with Gasteiger partial charge in [0, 0.05) is 82.1 Å². The van der Waals surface area contributed by atoms with Crippen LogP contribution in [0.15, 0.2) is 78.9 Å². The van der Waals surface area contributed by atoms with Crippen LogP contribution in [0.2, 0.25) is 0 Å². The van der Waals surface area contributed by atoms with Crippen LogP contribution >= 0.6 is 0 Å². The van der Waals surface area contributed by atoms with Gasteiger partial charge in [0.05, 0.1) is 5.25 Å². The number of aromatic hydroxyl groups is 2. The van der Waals surface area contributed by atoms with Crippen molar-refractivity contribution in [3.8, 4) is 58.7 Å². The SMILES string of the molecule is C#Cc1ccc(-c2nnc(N[C@@H]3CCCN(CC4CC4c4ccc5c(-c6ccc(C#C)cc6O)nnc(N[C@@H]6CCCN(S(=O)(=O)C7CC7)C6)c5c4)C3)c3ccccc23)c(O)c1. The highest BCUT2D eigenvalue weighted by atomic mass is 32.2. The summed E-state index contributed by atoms with van der Waals surface area (Å²) in [5, 5.41) is 51.0. The van der Waals surface area contributed by atoms with E-state index in [1.807, 2.05) is 24.3 Å². The highest BCUT2D eigenvalue weighted by Crippen LogP contribution is 2.49. The van der Waals surface area contributed by atoms with Gasteiger partial charge in [-0.15, -0.1) is 33.2 Å². The summed E-state index contributed by atoms with van der Waals surface area (Å²) in [7, 11) is -3.29. The zero-order valence-corrected chi connectivity index (χ0v) is 35.2. The zero-order chi connectivity index (χ0) is 42.5. The van der Waals surface area contributed by atoms with E-state index >= 15 is 0 Å². The number of hydrogen-bond acceptors (Lipinski definition) is 11. The topological polar surface area (TPSA) is 157 Å². The maximum Gasteiger partial charge on any atom is 0.217 e. The molecule has 314 valence electrons. The van der Waals surface area contributed by atoms with Gasteiger partial charge in [-0.2, -0.15) is 4.31 Å². The van der Waals surface area contributed by atoms with Gasteiger partial charge in [-0.05, 0) is 111 Å². The van der Waals surface area contributed by atoms with Crippen LogP contribution in [0.1, 0.15) is 67.6 Å². The van der Waals surface area contributed by atoms with E-state index in [-0.39, 0.29) is 28.8 Å². The molecular weight excluding hydrogens is 797 g/mol. The Bertz CT molecular complexity index is 2920. The molecule has 4 N–H and O–H groups in total. The van der Waals surface area contributed by atoms with Crippen molar-refractivity contribution >= 4 is 43.2 Å². The van der Waals surface area contributed by atoms with Crippen molar-refractivity contribution in [1.29, 1.82) is 0 Å². The van der Waals surface area contributed by atoms with Crippen molar-refractivity contribution in [3.63, 3.8) is 0 Å². The molecule has 4 atom stereocenters. The number of benzene rings is 4. The summed E-state index contributed by atoms with van der Waals surface area (Å²) in [4.78, 5) is 2.56. The number of nitrogens with zero attached hydrogens (tertiary/aromatic N) is 6. The Morgan fingerprint density at radius 2 is 1.27 bits per heavy atom. The molecule has 0 radical (unpaired) electrons. The van der Waals surface area contributed by atoms with Crippen LogP contribution in [0, 0.1) is 30.6 Å². The summed E-state index contributed by atoms with van der Waals surface area (Å²) in [6.45, 7) is 3.84. The number of terminal acetylenes is 2. The number of nitrogens with one attached hydrogen (secondary N) is 2. The first-order valence-electron chi connectivity index (χ1n) is 21.6. The number of hydrogen-bond donors (Lipinski definition) is 4. The van der Waals surface area contributed by atoms with Gasteiger partial charge < -0.3 is 25.7 Å². The molecule has 4 fully saturated rings. The van der Waals surface area contributed by atoms with Gasteiger partial charge in [-0.1, -0.05) is 48.2 Å². The van der Waals surface area contributed by atoms with Gasteiger partial charge in [-0.3, -0.25) is 0 Å². The van der Waals surface area contributed by atoms with E-state index in [0.29, 0.717) is 64.4 Å². The summed E-state index contributed by atoms with van der Waals surface area (Å²) in [6, 6.07) is 24.9. The van der Waals surface area contributed by atoms with Gasteiger partial charge in [0.2, 0.25) is 10.0 Å². The summed E-state index contributed by atoms with van der Waals surface area (Å²) in [5.41, 5.74) is 4.69. The number of sulfonamides is 1. The van der Waals surface area contributed by atoms with Crippen LogP contribution in [0.3, 0.4) is 0 Å². The number of anilines is 2. The Balaban J connectivity index is 0.868. The van der Waals surface area contributed by atoms with Crippen molar-refractivity contribution in [2.45, 2.75) is 68.2 Å². The number of phenols is 2. The van der Waals surface area contributed by atoms with Crippen molar-refractivity contribution < 1.29 is 18.6 Å². The molecule has 2 unspecified atom stereocenters. The molecule has 0 bridgehead atoms. The minimum absolute atomic E-state index is 0.0370. The van der Waals surface area contributed by atoms with Crippen LogP contribution in [-0.2, 0) is 10.0 Å². The van der Waals surface area contributed by atoms with Crippen LogP contribution in [0.25, 0.3) is 44.1 Å². The first-order valence-corrected chi connectivity index (χ1v) is 23.1.